The smallest absolute Gasteiger partial charge is 0.407 e. The lowest BCUT2D eigenvalue weighted by Gasteiger charge is -2.30. The first-order valence-electron chi connectivity index (χ1n) is 14.8. The van der Waals surface area contributed by atoms with Gasteiger partial charge in [0.2, 0.25) is 11.6 Å². The van der Waals surface area contributed by atoms with Crippen molar-refractivity contribution in [2.24, 2.45) is 11.8 Å². The predicted octanol–water partition coefficient (Wildman–Crippen LogP) is 3.19. The fourth-order valence-electron chi connectivity index (χ4n) is 5.13. The van der Waals surface area contributed by atoms with Crippen LogP contribution >= 0.6 is 0 Å². The number of amides is 2. The number of hydrogen-bond donors (Lipinski definition) is 4. The third-order valence-corrected chi connectivity index (χ3v) is 7.53. The molecular formula is C33H47N3O8. The number of carbonyl (C=O) groups is 4. The number of hydrogen-bond acceptors (Lipinski definition) is 9. The largest absolute Gasteiger partial charge is 0.439 e. The number of fused-ring (bicyclic) bond motifs is 2. The second-order valence-electron chi connectivity index (χ2n) is 11.1. The van der Waals surface area contributed by atoms with Gasteiger partial charge in [0.25, 0.3) is 5.91 Å². The number of nitrogens with one attached hydrogen (secondary N) is 3. The average molecular weight is 614 g/mol. The SMILES string of the molecule is C=CCNC1=C2C[C@@H](C)C[C@H](OC)[C@H](O)[C@@H](C)/C=C(\C)[C@H](OC(=O)NCC)[C@H](OC)/C=C\C=C(/C)C(=O)NC(=CC1=O)C2=O. The number of rotatable bonds is 7. The summed E-state index contributed by atoms with van der Waals surface area (Å²) in [4.78, 5) is 52.2. The highest BCUT2D eigenvalue weighted by atomic mass is 16.6. The molecule has 1 aliphatic carbocycles. The van der Waals surface area contributed by atoms with E-state index in [-0.39, 0.29) is 41.4 Å². The van der Waals surface area contributed by atoms with Crippen molar-refractivity contribution in [3.8, 4) is 0 Å². The van der Waals surface area contributed by atoms with Crippen LogP contribution in [0.2, 0.25) is 0 Å². The van der Waals surface area contributed by atoms with E-state index in [1.165, 1.54) is 20.3 Å². The molecule has 0 radical (unpaired) electrons. The average Bonchev–Trinajstić information content (AvgIpc) is 2.98. The van der Waals surface area contributed by atoms with Crippen LogP contribution in [0.1, 0.15) is 47.5 Å². The molecule has 242 valence electrons. The standard InChI is InChI=1S/C33H47N3O8/c1-9-14-35-28-23-15-19(3)16-27(43-8)29(38)21(5)17-22(6)31(44-33(41)34-10-2)26(42-7)13-11-12-20(4)32(40)36-24(30(23)39)18-25(28)37/h9,11-13,17-19,21,26-27,29,31,35,38H,1,10,14-16H2,2-8H3,(H,34,41)(H,36,40)/b13-11-,20-12+,22-17+/t19-,21+,26-,27+,29-,31+/m1/s1. The molecule has 0 aromatic heterocycles. The van der Waals surface area contributed by atoms with Crippen molar-refractivity contribution >= 4 is 23.6 Å². The van der Waals surface area contributed by atoms with Crippen LogP contribution in [0.5, 0.6) is 0 Å². The normalized spacial score (nSPS) is 30.6. The minimum absolute atomic E-state index is 0.122. The van der Waals surface area contributed by atoms with Gasteiger partial charge in [0.15, 0.2) is 6.10 Å². The Hall–Kier alpha value is -3.80. The van der Waals surface area contributed by atoms with E-state index in [0.717, 1.165) is 6.08 Å². The fourth-order valence-corrected chi connectivity index (χ4v) is 5.13. The van der Waals surface area contributed by atoms with Crippen molar-refractivity contribution in [3.05, 3.63) is 71.1 Å². The minimum atomic E-state index is -0.947. The molecule has 0 fully saturated rings. The molecule has 6 atom stereocenters. The lowest BCUT2D eigenvalue weighted by atomic mass is 9.85. The number of Topliss-reactive ketones (excluding diaryl/α,β-unsaturated/α-hetero) is 1. The van der Waals surface area contributed by atoms with E-state index in [2.05, 4.69) is 22.5 Å². The monoisotopic (exact) mass is 613 g/mol. The van der Waals surface area contributed by atoms with Crippen LogP contribution < -0.4 is 16.0 Å². The summed E-state index contributed by atoms with van der Waals surface area (Å²) < 4.78 is 17.1. The maximum absolute atomic E-state index is 13.6. The van der Waals surface area contributed by atoms with Gasteiger partial charge >= 0.3 is 6.09 Å². The zero-order valence-corrected chi connectivity index (χ0v) is 26.8. The highest BCUT2D eigenvalue weighted by Crippen LogP contribution is 2.28. The second-order valence-corrected chi connectivity index (χ2v) is 11.1. The first-order chi connectivity index (χ1) is 20.9. The first-order valence-corrected chi connectivity index (χ1v) is 14.8. The Kier molecular flexibility index (Phi) is 14.5. The fraction of sp³-hybridized carbons (Fsp3) is 0.515. The van der Waals surface area contributed by atoms with Crippen LogP contribution in [-0.2, 0) is 28.6 Å². The molecule has 0 saturated carbocycles. The molecule has 2 bridgehead atoms. The zero-order valence-electron chi connectivity index (χ0n) is 26.8. The topological polar surface area (TPSA) is 152 Å². The van der Waals surface area contributed by atoms with Gasteiger partial charge in [-0.3, -0.25) is 14.4 Å². The van der Waals surface area contributed by atoms with E-state index in [1.807, 2.05) is 19.9 Å². The summed E-state index contributed by atoms with van der Waals surface area (Å²) >= 11 is 0. The van der Waals surface area contributed by atoms with Gasteiger partial charge in [-0.1, -0.05) is 44.2 Å². The molecule has 2 rings (SSSR count). The van der Waals surface area contributed by atoms with E-state index < -0.39 is 53.9 Å². The molecule has 0 saturated heterocycles. The van der Waals surface area contributed by atoms with E-state index in [4.69, 9.17) is 14.2 Å². The molecule has 0 aromatic carbocycles. The molecule has 11 nitrogen and oxygen atoms in total. The van der Waals surface area contributed by atoms with E-state index in [0.29, 0.717) is 18.5 Å². The maximum Gasteiger partial charge on any atom is 0.407 e. The Labute approximate surface area is 260 Å². The second kappa shape index (κ2) is 17.5. The van der Waals surface area contributed by atoms with Gasteiger partial charge in [0, 0.05) is 50.4 Å². The molecular weight excluding hydrogens is 566 g/mol. The quantitative estimate of drug-likeness (QED) is 0.251. The Morgan fingerprint density at radius 3 is 2.50 bits per heavy atom. The number of methoxy groups -OCH3 is 2. The molecule has 44 heavy (non-hydrogen) atoms. The van der Waals surface area contributed by atoms with E-state index in [1.54, 1.807) is 39.0 Å². The van der Waals surface area contributed by atoms with Crippen LogP contribution in [-0.4, -0.2) is 80.4 Å². The highest BCUT2D eigenvalue weighted by Gasteiger charge is 2.33. The number of ether oxygens (including phenoxy) is 3. The molecule has 2 amide bonds. The lowest BCUT2D eigenvalue weighted by Crippen LogP contribution is -2.38. The summed E-state index contributed by atoms with van der Waals surface area (Å²) in [6.07, 6.45) is 6.05. The molecule has 0 unspecified atom stereocenters. The predicted molar refractivity (Wildman–Crippen MR) is 167 cm³/mol. The number of aliphatic hydroxyl groups is 1. The summed E-state index contributed by atoms with van der Waals surface area (Å²) in [7, 11) is 2.97. The Balaban J connectivity index is 2.62. The summed E-state index contributed by atoms with van der Waals surface area (Å²) in [6, 6.07) is 0. The van der Waals surface area contributed by atoms with Crippen molar-refractivity contribution in [2.75, 3.05) is 27.3 Å². The van der Waals surface area contributed by atoms with Gasteiger partial charge in [-0.05, 0) is 45.1 Å². The number of alkyl carbamates (subject to hydrolysis) is 1. The van der Waals surface area contributed by atoms with Crippen molar-refractivity contribution in [1.29, 1.82) is 0 Å². The van der Waals surface area contributed by atoms with Crippen molar-refractivity contribution in [3.63, 3.8) is 0 Å². The molecule has 11 heteroatoms. The summed E-state index contributed by atoms with van der Waals surface area (Å²) in [5.41, 5.74) is 1.18. The Bertz CT molecular complexity index is 1250. The van der Waals surface area contributed by atoms with Crippen molar-refractivity contribution < 1.29 is 38.5 Å². The summed E-state index contributed by atoms with van der Waals surface area (Å²) in [6.45, 7) is 13.2. The molecule has 0 aromatic rings. The van der Waals surface area contributed by atoms with Crippen molar-refractivity contribution in [1.82, 2.24) is 16.0 Å². The third-order valence-electron chi connectivity index (χ3n) is 7.53. The Morgan fingerprint density at radius 2 is 1.89 bits per heavy atom. The molecule has 0 spiro atoms. The van der Waals surface area contributed by atoms with Gasteiger partial charge < -0.3 is 35.3 Å². The van der Waals surface area contributed by atoms with Crippen LogP contribution in [0.3, 0.4) is 0 Å². The summed E-state index contributed by atoms with van der Waals surface area (Å²) in [5.74, 6) is -2.09. The molecule has 1 heterocycles. The zero-order chi connectivity index (χ0) is 33.0. The number of ketones is 2. The van der Waals surface area contributed by atoms with Gasteiger partial charge in [-0.15, -0.1) is 6.58 Å². The van der Waals surface area contributed by atoms with Crippen LogP contribution in [0.15, 0.2) is 71.1 Å². The number of allylic oxidation sites excluding steroid dienone is 4. The Morgan fingerprint density at radius 1 is 1.18 bits per heavy atom. The summed E-state index contributed by atoms with van der Waals surface area (Å²) in [5, 5.41) is 19.5. The molecule has 1 aliphatic heterocycles. The molecule has 4 N–H and O–H groups in total. The lowest BCUT2D eigenvalue weighted by molar-refractivity contribution is -0.120. The van der Waals surface area contributed by atoms with Crippen LogP contribution in [0.4, 0.5) is 4.79 Å². The maximum atomic E-state index is 13.6. The van der Waals surface area contributed by atoms with Gasteiger partial charge in [-0.25, -0.2) is 4.79 Å². The van der Waals surface area contributed by atoms with Crippen molar-refractivity contribution in [2.45, 2.75) is 71.9 Å². The molecule has 2 aliphatic rings. The number of aliphatic hydroxyl groups excluding tert-OH is 1. The highest BCUT2D eigenvalue weighted by molar-refractivity contribution is 6.23. The van der Waals surface area contributed by atoms with E-state index in [9.17, 15) is 24.3 Å². The minimum Gasteiger partial charge on any atom is -0.439 e. The van der Waals surface area contributed by atoms with Crippen LogP contribution in [0, 0.1) is 11.8 Å². The number of carbonyl (C=O) groups excluding carboxylic acids is 4. The first kappa shape index (κ1) is 36.4. The van der Waals surface area contributed by atoms with Crippen LogP contribution in [0.25, 0.3) is 0 Å². The van der Waals surface area contributed by atoms with Gasteiger partial charge in [0.1, 0.15) is 6.10 Å². The third kappa shape index (κ3) is 9.87. The van der Waals surface area contributed by atoms with Gasteiger partial charge in [-0.2, -0.15) is 0 Å². The van der Waals surface area contributed by atoms with E-state index >= 15 is 0 Å². The van der Waals surface area contributed by atoms with Gasteiger partial charge in [0.05, 0.1) is 23.6 Å².